The second-order valence-corrected chi connectivity index (χ2v) is 18.1. The second-order valence-electron chi connectivity index (χ2n) is 18.1. The van der Waals surface area contributed by atoms with Crippen molar-refractivity contribution < 1.29 is 73.4 Å². The lowest BCUT2D eigenvalue weighted by molar-refractivity contribution is -0.344. The minimum atomic E-state index is -1.49. The second kappa shape index (κ2) is 23.6. The van der Waals surface area contributed by atoms with Crippen molar-refractivity contribution in [2.24, 2.45) is 11.8 Å². The summed E-state index contributed by atoms with van der Waals surface area (Å²) >= 11 is 0. The molecule has 3 fully saturated rings. The summed E-state index contributed by atoms with van der Waals surface area (Å²) in [5.74, 6) is -1.74. The fraction of sp³-hybridized carbons (Fsp3) is 0.841. The molecule has 0 saturated carbocycles. The summed E-state index contributed by atoms with van der Waals surface area (Å²) in [6, 6.07) is 4.51. The molecule has 4 rings (SSSR count). The molecular formula is C44H75N3O15. The van der Waals surface area contributed by atoms with Gasteiger partial charge in [-0.2, -0.15) is 0 Å². The van der Waals surface area contributed by atoms with Crippen LogP contribution in [-0.2, 0) is 42.7 Å². The molecule has 0 aromatic carbocycles. The molecule has 3 aliphatic rings. The van der Waals surface area contributed by atoms with Crippen LogP contribution in [0.4, 0.5) is 5.82 Å². The zero-order valence-electron chi connectivity index (χ0n) is 38.2. The Morgan fingerprint density at radius 2 is 1.68 bits per heavy atom. The van der Waals surface area contributed by atoms with Crippen molar-refractivity contribution in [3.8, 4) is 0 Å². The molecule has 1 aromatic heterocycles. The summed E-state index contributed by atoms with van der Waals surface area (Å²) < 4.78 is 42.7. The molecule has 0 aliphatic carbocycles. The molecule has 3 aliphatic heterocycles. The molecule has 18 nitrogen and oxygen atoms in total. The van der Waals surface area contributed by atoms with Crippen molar-refractivity contribution in [2.45, 2.75) is 197 Å². The van der Waals surface area contributed by atoms with Crippen LogP contribution in [0.25, 0.3) is 0 Å². The number of esters is 2. The Morgan fingerprint density at radius 3 is 2.29 bits per heavy atom. The number of aromatic nitrogens is 1. The quantitative estimate of drug-likeness (QED) is 0.148. The van der Waals surface area contributed by atoms with E-state index in [1.807, 2.05) is 25.1 Å². The molecule has 0 bridgehead atoms. The Hall–Kier alpha value is -2.59. The van der Waals surface area contributed by atoms with Crippen molar-refractivity contribution in [1.82, 2.24) is 9.88 Å². The first-order valence-electron chi connectivity index (χ1n) is 22.1. The van der Waals surface area contributed by atoms with Gasteiger partial charge in [0, 0.05) is 44.7 Å². The van der Waals surface area contributed by atoms with E-state index >= 15 is 0 Å². The number of nitrogens with one attached hydrogen (secondary N) is 1. The highest BCUT2D eigenvalue weighted by atomic mass is 16.7. The van der Waals surface area contributed by atoms with Crippen LogP contribution in [0.1, 0.15) is 98.6 Å². The van der Waals surface area contributed by atoms with Gasteiger partial charge in [-0.25, -0.2) is 4.98 Å². The monoisotopic (exact) mass is 886 g/mol. The van der Waals surface area contributed by atoms with Crippen molar-refractivity contribution in [3.05, 3.63) is 23.9 Å². The van der Waals surface area contributed by atoms with Gasteiger partial charge in [-0.15, -0.1) is 0 Å². The lowest BCUT2D eigenvalue weighted by Gasteiger charge is -2.50. The van der Waals surface area contributed by atoms with Crippen LogP contribution in [0.3, 0.4) is 0 Å². The number of hydrogen-bond acceptors (Lipinski definition) is 18. The third-order valence-corrected chi connectivity index (χ3v) is 12.5. The number of carbonyl (C=O) groups excluding carboxylic acids is 2. The molecule has 18 heteroatoms. The number of aliphatic hydroxyl groups excluding tert-OH is 5. The van der Waals surface area contributed by atoms with E-state index < -0.39 is 122 Å². The number of hydrogen-bond donors (Lipinski definition) is 7. The molecule has 62 heavy (non-hydrogen) atoms. The third kappa shape index (κ3) is 14.0. The van der Waals surface area contributed by atoms with E-state index in [-0.39, 0.29) is 44.8 Å². The fourth-order valence-corrected chi connectivity index (χ4v) is 9.26. The number of aryl methyl sites for hydroxylation is 1. The van der Waals surface area contributed by atoms with Gasteiger partial charge in [0.05, 0.1) is 49.1 Å². The molecular weight excluding hydrogens is 810 g/mol. The molecule has 356 valence electrons. The number of anilines is 1. The summed E-state index contributed by atoms with van der Waals surface area (Å²) in [5, 5.41) is 71.7. The number of carbonyl (C=O) groups is 2. The highest BCUT2D eigenvalue weighted by Gasteiger charge is 2.52. The zero-order valence-corrected chi connectivity index (χ0v) is 38.2. The van der Waals surface area contributed by atoms with E-state index in [1.54, 1.807) is 60.5 Å². The summed E-state index contributed by atoms with van der Waals surface area (Å²) in [6.45, 7) is 11.7. The minimum Gasteiger partial charge on any atom is -0.463 e. The van der Waals surface area contributed by atoms with Gasteiger partial charge in [0.15, 0.2) is 18.7 Å². The Labute approximate surface area is 366 Å². The van der Waals surface area contributed by atoms with Gasteiger partial charge in [0.1, 0.15) is 35.8 Å². The number of likely N-dealkylation sites (N-methyl/N-ethyl adjacent to an activating group) is 1. The number of pyridine rings is 1. The standard InChI is InChI=1S/C44H75N3O15/c1-11-33(51)60-42-27(6)58-35(22-44(42,7)55)61-39-26(5)59-43(38(54)36(39)47(8)9)62-40-28(17-18-48)19-23(2)37(53)30(49)16-15-29(46-32-14-12-13-24(3)45-32)20-25(4)57-34(52)21-31(50)41(40)56-10/h12-14,23,25-31,35-43,48-50,53-55H,11,15-22H2,1-10H3,(H,45,46)/t23-,25-,26-,27+,28+,29+,30-,31-,35+,36-,37-,38-,39-,40?,41+,42+,43+,44-/m1/s1. The molecule has 0 amide bonds. The van der Waals surface area contributed by atoms with E-state index in [1.165, 1.54) is 7.11 Å². The summed E-state index contributed by atoms with van der Waals surface area (Å²) in [5.41, 5.74) is -0.678. The smallest absolute Gasteiger partial charge is 0.308 e. The SMILES string of the molecule is CCC(=O)O[C@H]1[C@H](C)O[C@@H](O[C@H]2[C@H](N(C)C)[C@@H](O)[C@H](OC3[C@@H](CCO)C[C@@H](C)[C@@H](O)[C@H](O)CC[C@H](Nc4cccc(C)n4)C[C@@H](C)OC(=O)C[C@@H](O)[C@@H]3OC)O[C@@H]2C)C[C@@]1(C)O. The van der Waals surface area contributed by atoms with Crippen LogP contribution < -0.4 is 5.32 Å². The average molecular weight is 886 g/mol. The topological polar surface area (TPSA) is 248 Å². The summed E-state index contributed by atoms with van der Waals surface area (Å²) in [7, 11) is 4.86. The van der Waals surface area contributed by atoms with Gasteiger partial charge < -0.3 is 74.0 Å². The maximum Gasteiger partial charge on any atom is 0.308 e. The van der Waals surface area contributed by atoms with Gasteiger partial charge in [-0.05, 0) is 98.4 Å². The van der Waals surface area contributed by atoms with Gasteiger partial charge in [-0.1, -0.05) is 19.9 Å². The third-order valence-electron chi connectivity index (χ3n) is 12.5. The molecule has 1 aromatic rings. The van der Waals surface area contributed by atoms with E-state index in [0.717, 1.165) is 5.69 Å². The lowest BCUT2D eigenvalue weighted by Crippen LogP contribution is -2.66. The Kier molecular flexibility index (Phi) is 19.8. The van der Waals surface area contributed by atoms with Gasteiger partial charge in [0.2, 0.25) is 0 Å². The molecule has 7 N–H and O–H groups in total. The van der Waals surface area contributed by atoms with E-state index in [0.29, 0.717) is 18.7 Å². The molecule has 3 saturated heterocycles. The first kappa shape index (κ1) is 52.0. The van der Waals surface area contributed by atoms with Crippen LogP contribution in [-0.4, -0.2) is 178 Å². The fourth-order valence-electron chi connectivity index (χ4n) is 9.26. The largest absolute Gasteiger partial charge is 0.463 e. The maximum atomic E-state index is 13.4. The van der Waals surface area contributed by atoms with Crippen molar-refractivity contribution in [3.63, 3.8) is 0 Å². The Balaban J connectivity index is 1.59. The molecule has 4 heterocycles. The first-order valence-corrected chi connectivity index (χ1v) is 22.1. The van der Waals surface area contributed by atoms with Gasteiger partial charge in [0.25, 0.3) is 0 Å². The van der Waals surface area contributed by atoms with Crippen LogP contribution in [0.5, 0.6) is 0 Å². The molecule has 0 radical (unpaired) electrons. The number of methoxy groups -OCH3 is 1. The number of ether oxygens (including phenoxy) is 7. The highest BCUT2D eigenvalue weighted by Crippen LogP contribution is 2.38. The van der Waals surface area contributed by atoms with Crippen molar-refractivity contribution in [2.75, 3.05) is 33.1 Å². The van der Waals surface area contributed by atoms with E-state index in [9.17, 15) is 40.2 Å². The predicted octanol–water partition coefficient (Wildman–Crippen LogP) is 1.81. The number of aliphatic hydroxyl groups is 6. The summed E-state index contributed by atoms with van der Waals surface area (Å²) in [4.78, 5) is 31.8. The normalized spacial score (nSPS) is 40.7. The molecule has 0 spiro atoms. The maximum absolute atomic E-state index is 13.4. The lowest BCUT2D eigenvalue weighted by atomic mass is 9.81. The van der Waals surface area contributed by atoms with Crippen LogP contribution in [0.15, 0.2) is 18.2 Å². The van der Waals surface area contributed by atoms with E-state index in [4.69, 9.17) is 33.2 Å². The summed E-state index contributed by atoms with van der Waals surface area (Å²) in [6.07, 6.45) is -12.8. The minimum absolute atomic E-state index is 0.0426. The van der Waals surface area contributed by atoms with Crippen molar-refractivity contribution >= 4 is 17.8 Å². The highest BCUT2D eigenvalue weighted by molar-refractivity contribution is 5.70. The first-order chi connectivity index (χ1) is 29.2. The number of cyclic esters (lactones) is 1. The Bertz CT molecular complexity index is 1540. The average Bonchev–Trinajstić information content (AvgIpc) is 3.18. The Morgan fingerprint density at radius 1 is 0.968 bits per heavy atom. The number of rotatable bonds is 12. The predicted molar refractivity (Wildman–Crippen MR) is 226 cm³/mol. The van der Waals surface area contributed by atoms with Crippen LogP contribution in [0, 0.1) is 18.8 Å². The van der Waals surface area contributed by atoms with Gasteiger partial charge >= 0.3 is 11.9 Å². The number of nitrogens with zero attached hydrogens (tertiary/aromatic N) is 2. The van der Waals surface area contributed by atoms with Crippen LogP contribution >= 0.6 is 0 Å². The molecule has 18 atom stereocenters. The van der Waals surface area contributed by atoms with Gasteiger partial charge in [-0.3, -0.25) is 9.59 Å². The zero-order chi connectivity index (χ0) is 46.1. The molecule has 1 unspecified atom stereocenters. The van der Waals surface area contributed by atoms with E-state index in [2.05, 4.69) is 10.3 Å². The van der Waals surface area contributed by atoms with Crippen LogP contribution in [0.2, 0.25) is 0 Å². The van der Waals surface area contributed by atoms with Crippen molar-refractivity contribution in [1.29, 1.82) is 0 Å².